The molecule has 2 aromatic heterocycles. The average Bonchev–Trinajstić information content (AvgIpc) is 2.87. The van der Waals surface area contributed by atoms with Gasteiger partial charge in [0.2, 0.25) is 0 Å². The summed E-state index contributed by atoms with van der Waals surface area (Å²) in [7, 11) is -1.93. The first-order valence-corrected chi connectivity index (χ1v) is 8.27. The summed E-state index contributed by atoms with van der Waals surface area (Å²) in [5, 5.41) is 1.74. The predicted octanol–water partition coefficient (Wildman–Crippen LogP) is 3.23. The number of thiophene rings is 1. The Morgan fingerprint density at radius 1 is 1.39 bits per heavy atom. The third-order valence-electron chi connectivity index (χ3n) is 2.40. The van der Waals surface area contributed by atoms with Gasteiger partial charge in [0.15, 0.2) is 0 Å². The van der Waals surface area contributed by atoms with Crippen LogP contribution in [0.4, 0.5) is 0 Å². The zero-order valence-corrected chi connectivity index (χ0v) is 13.1. The number of sulfonamides is 1. The van der Waals surface area contributed by atoms with Crippen molar-refractivity contribution in [2.45, 2.75) is 17.7 Å². The van der Waals surface area contributed by atoms with Gasteiger partial charge in [-0.25, -0.2) is 8.42 Å². The molecule has 0 N–H and O–H groups in total. The van der Waals surface area contributed by atoms with Gasteiger partial charge in [0, 0.05) is 11.5 Å². The number of furan rings is 1. The number of halogens is 1. The SMILES string of the molecule is Cc1ccc(CN(C)S(=O)(=O)c2sccc2Br)o1. The molecule has 0 spiro atoms. The number of aryl methyl sites for hydroxylation is 1. The van der Waals surface area contributed by atoms with Gasteiger partial charge in [-0.2, -0.15) is 4.31 Å². The molecule has 98 valence electrons. The van der Waals surface area contributed by atoms with Crippen LogP contribution in [0.25, 0.3) is 0 Å². The molecule has 7 heteroatoms. The van der Waals surface area contributed by atoms with E-state index in [-0.39, 0.29) is 6.54 Å². The maximum absolute atomic E-state index is 12.3. The Morgan fingerprint density at radius 3 is 2.61 bits per heavy atom. The molecule has 2 aromatic rings. The standard InChI is InChI=1S/C11H12BrNO3S2/c1-8-3-4-9(16-8)7-13(2)18(14,15)11-10(12)5-6-17-11/h3-6H,7H2,1-2H3. The molecule has 0 radical (unpaired) electrons. The summed E-state index contributed by atoms with van der Waals surface area (Å²) in [5.41, 5.74) is 0. The molecular formula is C11H12BrNO3S2. The molecule has 0 saturated carbocycles. The van der Waals surface area contributed by atoms with Gasteiger partial charge >= 0.3 is 0 Å². The summed E-state index contributed by atoms with van der Waals surface area (Å²) < 4.78 is 32.1. The highest BCUT2D eigenvalue weighted by Gasteiger charge is 2.25. The van der Waals surface area contributed by atoms with E-state index in [0.29, 0.717) is 14.4 Å². The van der Waals surface area contributed by atoms with Gasteiger partial charge in [-0.05, 0) is 46.4 Å². The second-order valence-corrected chi connectivity index (χ2v) is 7.84. The molecule has 18 heavy (non-hydrogen) atoms. The van der Waals surface area contributed by atoms with Crippen LogP contribution in [0.1, 0.15) is 11.5 Å². The van der Waals surface area contributed by atoms with E-state index in [2.05, 4.69) is 15.9 Å². The second kappa shape index (κ2) is 5.16. The van der Waals surface area contributed by atoms with Crippen LogP contribution in [-0.4, -0.2) is 19.8 Å². The highest BCUT2D eigenvalue weighted by molar-refractivity contribution is 9.10. The van der Waals surface area contributed by atoms with Crippen LogP contribution in [0.3, 0.4) is 0 Å². The second-order valence-electron chi connectivity index (χ2n) is 3.83. The fraction of sp³-hybridized carbons (Fsp3) is 0.273. The molecule has 0 aliphatic rings. The molecule has 0 aliphatic carbocycles. The summed E-state index contributed by atoms with van der Waals surface area (Å²) in [6, 6.07) is 5.32. The third kappa shape index (κ3) is 2.69. The molecule has 2 heterocycles. The first-order chi connectivity index (χ1) is 8.41. The fourth-order valence-corrected chi connectivity index (χ4v) is 5.12. The topological polar surface area (TPSA) is 50.5 Å². The average molecular weight is 350 g/mol. The molecule has 0 aromatic carbocycles. The normalized spacial score (nSPS) is 12.2. The molecular weight excluding hydrogens is 338 g/mol. The van der Waals surface area contributed by atoms with Gasteiger partial charge in [-0.1, -0.05) is 0 Å². The zero-order valence-electron chi connectivity index (χ0n) is 9.88. The van der Waals surface area contributed by atoms with Crippen molar-refractivity contribution in [1.82, 2.24) is 4.31 Å². The van der Waals surface area contributed by atoms with Gasteiger partial charge in [-0.15, -0.1) is 11.3 Å². The third-order valence-corrected chi connectivity index (χ3v) is 6.85. The molecule has 4 nitrogen and oxygen atoms in total. The van der Waals surface area contributed by atoms with E-state index in [9.17, 15) is 8.42 Å². The maximum Gasteiger partial charge on any atom is 0.253 e. The maximum atomic E-state index is 12.3. The van der Waals surface area contributed by atoms with Crippen molar-refractivity contribution < 1.29 is 12.8 Å². The van der Waals surface area contributed by atoms with Crippen molar-refractivity contribution in [3.63, 3.8) is 0 Å². The van der Waals surface area contributed by atoms with E-state index in [1.54, 1.807) is 24.6 Å². The minimum Gasteiger partial charge on any atom is -0.465 e. The van der Waals surface area contributed by atoms with Gasteiger partial charge in [0.25, 0.3) is 10.0 Å². The number of hydrogen-bond donors (Lipinski definition) is 0. The van der Waals surface area contributed by atoms with Crippen molar-refractivity contribution in [3.05, 3.63) is 39.6 Å². The van der Waals surface area contributed by atoms with E-state index in [1.807, 2.05) is 13.0 Å². The molecule has 0 bridgehead atoms. The van der Waals surface area contributed by atoms with Gasteiger partial charge in [-0.3, -0.25) is 0 Å². The lowest BCUT2D eigenvalue weighted by Gasteiger charge is -2.14. The number of hydrogen-bond acceptors (Lipinski definition) is 4. The van der Waals surface area contributed by atoms with Gasteiger partial charge in [0.05, 0.1) is 6.54 Å². The lowest BCUT2D eigenvalue weighted by Crippen LogP contribution is -2.25. The van der Waals surface area contributed by atoms with Gasteiger partial charge in [0.1, 0.15) is 15.7 Å². The van der Waals surface area contributed by atoms with Crippen molar-refractivity contribution in [2.75, 3.05) is 7.05 Å². The largest absolute Gasteiger partial charge is 0.465 e. The lowest BCUT2D eigenvalue weighted by molar-refractivity contribution is 0.398. The van der Waals surface area contributed by atoms with Crippen LogP contribution in [0.2, 0.25) is 0 Å². The van der Waals surface area contributed by atoms with E-state index in [4.69, 9.17) is 4.42 Å². The van der Waals surface area contributed by atoms with Crippen molar-refractivity contribution in [3.8, 4) is 0 Å². The summed E-state index contributed by atoms with van der Waals surface area (Å²) in [5.74, 6) is 1.40. The Morgan fingerprint density at radius 2 is 2.11 bits per heavy atom. The van der Waals surface area contributed by atoms with Crippen LogP contribution in [0.15, 0.2) is 36.7 Å². The summed E-state index contributed by atoms with van der Waals surface area (Å²) in [6.45, 7) is 2.05. The smallest absolute Gasteiger partial charge is 0.253 e. The Balaban J connectivity index is 2.23. The molecule has 2 rings (SSSR count). The van der Waals surface area contributed by atoms with Crippen LogP contribution in [-0.2, 0) is 16.6 Å². The molecule has 0 aliphatic heterocycles. The zero-order chi connectivity index (χ0) is 13.3. The molecule has 0 unspecified atom stereocenters. The Bertz CT molecular complexity index is 645. The fourth-order valence-electron chi connectivity index (χ4n) is 1.48. The highest BCUT2D eigenvalue weighted by atomic mass is 79.9. The van der Waals surface area contributed by atoms with E-state index < -0.39 is 10.0 Å². The molecule has 0 fully saturated rings. The number of rotatable bonds is 4. The first kappa shape index (κ1) is 13.8. The summed E-state index contributed by atoms with van der Waals surface area (Å²) in [6.07, 6.45) is 0. The minimum atomic E-state index is -3.47. The molecule has 0 amide bonds. The summed E-state index contributed by atoms with van der Waals surface area (Å²) >= 11 is 4.43. The highest BCUT2D eigenvalue weighted by Crippen LogP contribution is 2.30. The molecule has 0 saturated heterocycles. The van der Waals surface area contributed by atoms with Crippen LogP contribution in [0.5, 0.6) is 0 Å². The Kier molecular flexibility index (Phi) is 3.96. The predicted molar refractivity (Wildman–Crippen MR) is 74.1 cm³/mol. The quantitative estimate of drug-likeness (QED) is 0.851. The van der Waals surface area contributed by atoms with Crippen molar-refractivity contribution in [2.24, 2.45) is 0 Å². The molecule has 0 atom stereocenters. The van der Waals surface area contributed by atoms with Crippen molar-refractivity contribution in [1.29, 1.82) is 0 Å². The van der Waals surface area contributed by atoms with E-state index in [1.165, 1.54) is 15.6 Å². The van der Waals surface area contributed by atoms with Crippen molar-refractivity contribution >= 4 is 37.3 Å². The first-order valence-electron chi connectivity index (χ1n) is 5.16. The van der Waals surface area contributed by atoms with Crippen LogP contribution in [0, 0.1) is 6.92 Å². The minimum absolute atomic E-state index is 0.223. The Labute approximate surface area is 118 Å². The van der Waals surface area contributed by atoms with Crippen LogP contribution < -0.4 is 0 Å². The monoisotopic (exact) mass is 349 g/mol. The van der Waals surface area contributed by atoms with Gasteiger partial charge < -0.3 is 4.42 Å². The lowest BCUT2D eigenvalue weighted by atomic mass is 10.4. The Hall–Kier alpha value is -0.630. The van der Waals surface area contributed by atoms with E-state index >= 15 is 0 Å². The van der Waals surface area contributed by atoms with Crippen LogP contribution >= 0.6 is 27.3 Å². The van der Waals surface area contributed by atoms with E-state index in [0.717, 1.165) is 5.76 Å². The summed E-state index contributed by atoms with van der Waals surface area (Å²) in [4.78, 5) is 0. The number of nitrogens with zero attached hydrogens (tertiary/aromatic N) is 1.